The van der Waals surface area contributed by atoms with Gasteiger partial charge in [-0.15, -0.1) is 0 Å². The summed E-state index contributed by atoms with van der Waals surface area (Å²) in [5.74, 6) is -0.594. The molecule has 4 heteroatoms. The van der Waals surface area contributed by atoms with Crippen LogP contribution >= 0.6 is 0 Å². The summed E-state index contributed by atoms with van der Waals surface area (Å²) in [5, 5.41) is 0. The predicted molar refractivity (Wildman–Crippen MR) is 158 cm³/mol. The molecule has 3 aromatic carbocycles. The molecule has 3 rings (SSSR count). The molecule has 1 atom stereocenters. The molecule has 0 radical (unpaired) electrons. The largest absolute Gasteiger partial charge is 0.452 e. The van der Waals surface area contributed by atoms with Crippen LogP contribution in [0.15, 0.2) is 72.8 Å². The van der Waals surface area contributed by atoms with Crippen LogP contribution < -0.4 is 0 Å². The van der Waals surface area contributed by atoms with E-state index in [0.29, 0.717) is 12.8 Å². The van der Waals surface area contributed by atoms with Gasteiger partial charge in [0.05, 0.1) is 0 Å². The number of unbranched alkanes of at least 4 members (excludes halogenated alkanes) is 4. The second-order valence-electron chi connectivity index (χ2n) is 10.6. The SMILES string of the molecule is CCCCCC(=O)OC(c1ccc(C)cc1)C(OC(=O)CCCCC)(c1ccc(C)cc1)c1ccc(C)cc1. The van der Waals surface area contributed by atoms with Gasteiger partial charge in [-0.2, -0.15) is 0 Å². The van der Waals surface area contributed by atoms with E-state index in [1.807, 2.05) is 93.6 Å². The number of aryl methyl sites for hydroxylation is 3. The monoisotopic (exact) mass is 528 g/mol. The Kier molecular flexibility index (Phi) is 11.3. The third-order valence-corrected chi connectivity index (χ3v) is 7.20. The molecule has 0 bridgehead atoms. The molecule has 0 aromatic heterocycles. The lowest BCUT2D eigenvalue weighted by molar-refractivity contribution is -0.183. The second-order valence-corrected chi connectivity index (χ2v) is 10.6. The van der Waals surface area contributed by atoms with E-state index >= 15 is 0 Å². The van der Waals surface area contributed by atoms with Crippen LogP contribution in [0.4, 0.5) is 0 Å². The second kappa shape index (κ2) is 14.7. The van der Waals surface area contributed by atoms with E-state index in [0.717, 1.165) is 71.9 Å². The minimum absolute atomic E-state index is 0.292. The Morgan fingerprint density at radius 2 is 1.03 bits per heavy atom. The summed E-state index contributed by atoms with van der Waals surface area (Å²) in [6, 6.07) is 24.0. The Balaban J connectivity index is 2.25. The van der Waals surface area contributed by atoms with Crippen molar-refractivity contribution in [3.8, 4) is 0 Å². The normalized spacial score (nSPS) is 12.1. The summed E-state index contributed by atoms with van der Waals surface area (Å²) in [7, 11) is 0. The number of hydrogen-bond acceptors (Lipinski definition) is 4. The molecule has 3 aromatic rings. The third-order valence-electron chi connectivity index (χ3n) is 7.20. The number of ether oxygens (including phenoxy) is 2. The van der Waals surface area contributed by atoms with Gasteiger partial charge in [-0.05, 0) is 39.2 Å². The molecule has 208 valence electrons. The molecular weight excluding hydrogens is 484 g/mol. The molecule has 0 aliphatic carbocycles. The molecule has 0 spiro atoms. The van der Waals surface area contributed by atoms with Crippen molar-refractivity contribution < 1.29 is 19.1 Å². The fraction of sp³-hybridized carbons (Fsp3) is 0.429. The third kappa shape index (κ3) is 8.05. The lowest BCUT2D eigenvalue weighted by Gasteiger charge is -2.41. The van der Waals surface area contributed by atoms with Crippen LogP contribution in [-0.4, -0.2) is 11.9 Å². The molecule has 0 aliphatic heterocycles. The molecule has 0 fully saturated rings. The molecular formula is C35H44O4. The van der Waals surface area contributed by atoms with Gasteiger partial charge < -0.3 is 9.47 Å². The van der Waals surface area contributed by atoms with Gasteiger partial charge in [-0.3, -0.25) is 9.59 Å². The van der Waals surface area contributed by atoms with E-state index in [1.165, 1.54) is 0 Å². The highest BCUT2D eigenvalue weighted by Crippen LogP contribution is 2.47. The van der Waals surface area contributed by atoms with Crippen LogP contribution in [0, 0.1) is 20.8 Å². The maximum atomic E-state index is 13.5. The highest BCUT2D eigenvalue weighted by atomic mass is 16.6. The van der Waals surface area contributed by atoms with Gasteiger partial charge in [0.15, 0.2) is 6.10 Å². The number of carbonyl (C=O) groups is 2. The quantitative estimate of drug-likeness (QED) is 0.155. The van der Waals surface area contributed by atoms with Gasteiger partial charge in [-0.25, -0.2) is 0 Å². The molecule has 4 nitrogen and oxygen atoms in total. The van der Waals surface area contributed by atoms with Gasteiger partial charge >= 0.3 is 11.9 Å². The smallest absolute Gasteiger partial charge is 0.307 e. The highest BCUT2D eigenvalue weighted by molar-refractivity contribution is 5.72. The van der Waals surface area contributed by atoms with E-state index in [2.05, 4.69) is 13.8 Å². The maximum absolute atomic E-state index is 13.5. The van der Waals surface area contributed by atoms with E-state index in [-0.39, 0.29) is 11.9 Å². The average molecular weight is 529 g/mol. The topological polar surface area (TPSA) is 52.6 Å². The number of esters is 2. The minimum atomic E-state index is -1.36. The number of rotatable bonds is 14. The minimum Gasteiger partial charge on any atom is -0.452 e. The Hall–Kier alpha value is -3.40. The van der Waals surface area contributed by atoms with Gasteiger partial charge in [0.25, 0.3) is 0 Å². The highest BCUT2D eigenvalue weighted by Gasteiger charge is 2.49. The number of hydrogen-bond donors (Lipinski definition) is 0. The van der Waals surface area contributed by atoms with E-state index in [1.54, 1.807) is 0 Å². The predicted octanol–water partition coefficient (Wildman–Crippen LogP) is 8.84. The summed E-state index contributed by atoms with van der Waals surface area (Å²) >= 11 is 0. The zero-order valence-corrected chi connectivity index (χ0v) is 24.3. The fourth-order valence-electron chi connectivity index (χ4n) is 4.83. The van der Waals surface area contributed by atoms with Gasteiger partial charge in [0, 0.05) is 24.0 Å². The van der Waals surface area contributed by atoms with Crippen LogP contribution in [0.25, 0.3) is 0 Å². The van der Waals surface area contributed by atoms with Gasteiger partial charge in [0.1, 0.15) is 0 Å². The lowest BCUT2D eigenvalue weighted by Crippen LogP contribution is -2.42. The standard InChI is InChI=1S/C35H44O4/c1-6-8-10-12-32(36)38-34(29-20-14-26(3)15-21-29)35(30-22-16-27(4)17-23-30,31-24-18-28(5)19-25-31)39-33(37)13-11-9-7-2/h14-25,34H,6-13H2,1-5H3. The number of benzene rings is 3. The van der Waals surface area contributed by atoms with Crippen molar-refractivity contribution in [3.05, 3.63) is 106 Å². The van der Waals surface area contributed by atoms with Crippen molar-refractivity contribution in [2.24, 2.45) is 0 Å². The molecule has 0 saturated carbocycles. The van der Waals surface area contributed by atoms with Crippen LogP contribution in [0.5, 0.6) is 0 Å². The zero-order chi connectivity index (χ0) is 28.3. The Morgan fingerprint density at radius 3 is 1.46 bits per heavy atom. The van der Waals surface area contributed by atoms with E-state index in [4.69, 9.17) is 9.47 Å². The summed E-state index contributed by atoms with van der Waals surface area (Å²) in [5.41, 5.74) is 4.25. The van der Waals surface area contributed by atoms with Crippen LogP contribution in [0.1, 0.15) is 105 Å². The average Bonchev–Trinajstić information content (AvgIpc) is 2.92. The van der Waals surface area contributed by atoms with Crippen molar-refractivity contribution in [1.29, 1.82) is 0 Å². The molecule has 0 saturated heterocycles. The van der Waals surface area contributed by atoms with E-state index in [9.17, 15) is 9.59 Å². The van der Waals surface area contributed by atoms with E-state index < -0.39 is 11.7 Å². The first-order chi connectivity index (χ1) is 18.8. The summed E-state index contributed by atoms with van der Waals surface area (Å²) < 4.78 is 13.0. The zero-order valence-electron chi connectivity index (χ0n) is 24.3. The molecule has 0 N–H and O–H groups in total. The summed E-state index contributed by atoms with van der Waals surface area (Å²) in [4.78, 5) is 26.9. The first kappa shape index (κ1) is 30.1. The van der Waals surface area contributed by atoms with Crippen molar-refractivity contribution in [1.82, 2.24) is 0 Å². The van der Waals surface area contributed by atoms with Crippen LogP contribution in [-0.2, 0) is 24.7 Å². The van der Waals surface area contributed by atoms with Gasteiger partial charge in [-0.1, -0.05) is 129 Å². The molecule has 0 heterocycles. The van der Waals surface area contributed by atoms with Crippen LogP contribution in [0.3, 0.4) is 0 Å². The summed E-state index contributed by atoms with van der Waals surface area (Å²) in [6.07, 6.45) is 5.19. The van der Waals surface area contributed by atoms with Crippen molar-refractivity contribution >= 4 is 11.9 Å². The maximum Gasteiger partial charge on any atom is 0.307 e. The molecule has 0 amide bonds. The molecule has 39 heavy (non-hydrogen) atoms. The molecule has 1 unspecified atom stereocenters. The Morgan fingerprint density at radius 1 is 0.615 bits per heavy atom. The summed E-state index contributed by atoms with van der Waals surface area (Å²) in [6.45, 7) is 10.3. The first-order valence-corrected chi connectivity index (χ1v) is 14.4. The van der Waals surface area contributed by atoms with Crippen molar-refractivity contribution in [3.63, 3.8) is 0 Å². The fourth-order valence-corrected chi connectivity index (χ4v) is 4.83. The van der Waals surface area contributed by atoms with Gasteiger partial charge in [0.2, 0.25) is 5.60 Å². The Bertz CT molecular complexity index is 1130. The first-order valence-electron chi connectivity index (χ1n) is 14.4. The van der Waals surface area contributed by atoms with Crippen molar-refractivity contribution in [2.75, 3.05) is 0 Å². The van der Waals surface area contributed by atoms with Crippen molar-refractivity contribution in [2.45, 2.75) is 97.7 Å². The lowest BCUT2D eigenvalue weighted by atomic mass is 9.77. The number of carbonyl (C=O) groups excluding carboxylic acids is 2. The van der Waals surface area contributed by atoms with Crippen LogP contribution in [0.2, 0.25) is 0 Å². The molecule has 0 aliphatic rings. The Labute approximate surface area is 234 Å².